The van der Waals surface area contributed by atoms with Gasteiger partial charge in [-0.2, -0.15) is 0 Å². The Balaban J connectivity index is 1.57. The van der Waals surface area contributed by atoms with Crippen molar-refractivity contribution in [3.05, 3.63) is 89.0 Å². The van der Waals surface area contributed by atoms with Crippen molar-refractivity contribution in [1.82, 2.24) is 4.98 Å². The van der Waals surface area contributed by atoms with E-state index < -0.39 is 0 Å². The van der Waals surface area contributed by atoms with E-state index in [1.807, 2.05) is 17.6 Å². The molecular formula is C34H33NOS. The number of hydrogen-bond donors (Lipinski definition) is 0. The molecule has 0 spiro atoms. The molecule has 186 valence electrons. The molecule has 0 radical (unpaired) electrons. The van der Waals surface area contributed by atoms with E-state index >= 15 is 0 Å². The monoisotopic (exact) mass is 503 g/mol. The standard InChI is InChI=1S/C34H33NOS/c1-20(2)13-25-19-37-31-16-23(11-12-27(25)31)28-17-30(35-33-32(28)21(3)18-36-33)24-14-22-9-7-8-10-26(22)29(15-24)34(4,5)6/h7-12,14-20H,13H2,1-6H3. The molecule has 0 bridgehead atoms. The number of aromatic nitrogens is 1. The predicted octanol–water partition coefficient (Wildman–Crippen LogP) is 10.3. The number of benzene rings is 3. The molecule has 0 fully saturated rings. The molecule has 3 aromatic carbocycles. The SMILES string of the molecule is Cc1coc2nc(-c3cc(C(C)(C)C)c4ccccc4c3)cc(-c3ccc4c(CC(C)C)csc4c3)c12. The normalized spacial score (nSPS) is 12.4. The number of hydrogen-bond acceptors (Lipinski definition) is 3. The zero-order valence-corrected chi connectivity index (χ0v) is 23.3. The summed E-state index contributed by atoms with van der Waals surface area (Å²) in [5.74, 6) is 0.647. The Kier molecular flexibility index (Phi) is 5.72. The maximum Gasteiger partial charge on any atom is 0.227 e. The van der Waals surface area contributed by atoms with Crippen LogP contribution in [0.15, 0.2) is 76.7 Å². The number of fused-ring (bicyclic) bond motifs is 3. The minimum Gasteiger partial charge on any atom is -0.446 e. The fraction of sp³-hybridized carbons (Fsp3) is 0.265. The van der Waals surface area contributed by atoms with E-state index in [1.54, 1.807) is 0 Å². The van der Waals surface area contributed by atoms with Crippen molar-refractivity contribution in [2.45, 2.75) is 53.4 Å². The molecule has 0 aliphatic heterocycles. The quantitative estimate of drug-likeness (QED) is 0.239. The molecule has 2 nitrogen and oxygen atoms in total. The van der Waals surface area contributed by atoms with Crippen molar-refractivity contribution in [3.63, 3.8) is 0 Å². The molecule has 0 aliphatic rings. The average molecular weight is 504 g/mol. The Morgan fingerprint density at radius 3 is 2.51 bits per heavy atom. The Morgan fingerprint density at radius 1 is 0.919 bits per heavy atom. The third-order valence-corrected chi connectivity index (χ3v) is 8.28. The van der Waals surface area contributed by atoms with Crippen molar-refractivity contribution >= 4 is 43.3 Å². The van der Waals surface area contributed by atoms with Crippen LogP contribution in [0.25, 0.3) is 54.3 Å². The molecule has 6 rings (SSSR count). The van der Waals surface area contributed by atoms with Gasteiger partial charge >= 0.3 is 0 Å². The fourth-order valence-corrected chi connectivity index (χ4v) is 6.51. The summed E-state index contributed by atoms with van der Waals surface area (Å²) in [5.41, 5.74) is 9.06. The molecule has 0 aliphatic carbocycles. The summed E-state index contributed by atoms with van der Waals surface area (Å²) >= 11 is 1.84. The van der Waals surface area contributed by atoms with Crippen molar-refractivity contribution in [2.75, 3.05) is 0 Å². The summed E-state index contributed by atoms with van der Waals surface area (Å²) < 4.78 is 7.32. The van der Waals surface area contributed by atoms with Crippen LogP contribution in [0, 0.1) is 12.8 Å². The molecule has 0 unspecified atom stereocenters. The van der Waals surface area contributed by atoms with Crippen LogP contribution >= 0.6 is 11.3 Å². The summed E-state index contributed by atoms with van der Waals surface area (Å²) in [4.78, 5) is 5.02. The molecule has 0 atom stereocenters. The first-order valence-corrected chi connectivity index (χ1v) is 14.0. The average Bonchev–Trinajstić information content (AvgIpc) is 3.44. The Bertz CT molecular complexity index is 1780. The second-order valence-corrected chi connectivity index (χ2v) is 12.6. The zero-order chi connectivity index (χ0) is 25.9. The van der Waals surface area contributed by atoms with Crippen LogP contribution in [-0.2, 0) is 11.8 Å². The molecule has 0 saturated carbocycles. The second kappa shape index (κ2) is 8.85. The lowest BCUT2D eigenvalue weighted by molar-refractivity contribution is 0.596. The molecule has 3 heteroatoms. The molecule has 3 aromatic heterocycles. The highest BCUT2D eigenvalue weighted by Crippen LogP contribution is 2.40. The van der Waals surface area contributed by atoms with Gasteiger partial charge in [-0.25, -0.2) is 4.98 Å². The molecule has 3 heterocycles. The van der Waals surface area contributed by atoms with E-state index in [-0.39, 0.29) is 5.41 Å². The maximum absolute atomic E-state index is 5.98. The third-order valence-electron chi connectivity index (χ3n) is 7.29. The molecule has 0 N–H and O–H groups in total. The van der Waals surface area contributed by atoms with Gasteiger partial charge in [0.25, 0.3) is 0 Å². The van der Waals surface area contributed by atoms with E-state index in [4.69, 9.17) is 9.40 Å². The van der Waals surface area contributed by atoms with Crippen LogP contribution in [0.5, 0.6) is 0 Å². The third kappa shape index (κ3) is 4.26. The first-order valence-electron chi connectivity index (χ1n) is 13.1. The van der Waals surface area contributed by atoms with Crippen LogP contribution in [0.4, 0.5) is 0 Å². The smallest absolute Gasteiger partial charge is 0.227 e. The van der Waals surface area contributed by atoms with Gasteiger partial charge in [0, 0.05) is 10.3 Å². The van der Waals surface area contributed by atoms with E-state index in [0.717, 1.165) is 28.6 Å². The highest BCUT2D eigenvalue weighted by Gasteiger charge is 2.20. The zero-order valence-electron chi connectivity index (χ0n) is 22.5. The number of pyridine rings is 1. The van der Waals surface area contributed by atoms with Crippen LogP contribution in [0.3, 0.4) is 0 Å². The van der Waals surface area contributed by atoms with Crippen LogP contribution in [-0.4, -0.2) is 4.98 Å². The van der Waals surface area contributed by atoms with Crippen molar-refractivity contribution in [1.29, 1.82) is 0 Å². The Morgan fingerprint density at radius 2 is 1.73 bits per heavy atom. The largest absolute Gasteiger partial charge is 0.446 e. The summed E-state index contributed by atoms with van der Waals surface area (Å²) in [7, 11) is 0. The minimum absolute atomic E-state index is 0.0156. The number of thiophene rings is 1. The lowest BCUT2D eigenvalue weighted by atomic mass is 9.82. The van der Waals surface area contributed by atoms with Crippen LogP contribution in [0.1, 0.15) is 51.3 Å². The lowest BCUT2D eigenvalue weighted by Crippen LogP contribution is -2.12. The van der Waals surface area contributed by atoms with Gasteiger partial charge in [-0.05, 0) is 98.3 Å². The van der Waals surface area contributed by atoms with Gasteiger partial charge in [0.2, 0.25) is 5.71 Å². The van der Waals surface area contributed by atoms with Gasteiger partial charge in [-0.15, -0.1) is 11.3 Å². The van der Waals surface area contributed by atoms with Gasteiger partial charge in [0.05, 0.1) is 17.3 Å². The Labute approximate surface area is 223 Å². The molecule has 0 amide bonds. The van der Waals surface area contributed by atoms with Crippen LogP contribution in [0.2, 0.25) is 0 Å². The minimum atomic E-state index is 0.0156. The first-order chi connectivity index (χ1) is 17.7. The van der Waals surface area contributed by atoms with Gasteiger partial charge in [0.1, 0.15) is 0 Å². The van der Waals surface area contributed by atoms with E-state index in [2.05, 4.69) is 108 Å². The van der Waals surface area contributed by atoms with Gasteiger partial charge in [0.15, 0.2) is 0 Å². The second-order valence-electron chi connectivity index (χ2n) is 11.7. The predicted molar refractivity (Wildman–Crippen MR) is 160 cm³/mol. The highest BCUT2D eigenvalue weighted by molar-refractivity contribution is 7.17. The fourth-order valence-electron chi connectivity index (χ4n) is 5.49. The number of rotatable bonds is 4. The molecular weight excluding hydrogens is 470 g/mol. The number of aryl methyl sites for hydroxylation is 1. The maximum atomic E-state index is 5.98. The number of furan rings is 1. The van der Waals surface area contributed by atoms with Gasteiger partial charge in [-0.3, -0.25) is 0 Å². The number of nitrogens with zero attached hydrogens (tertiary/aromatic N) is 1. The summed E-state index contributed by atoms with van der Waals surface area (Å²) in [6, 6.07) is 22.4. The summed E-state index contributed by atoms with van der Waals surface area (Å²) in [6.07, 6.45) is 2.94. The first kappa shape index (κ1) is 23.9. The molecule has 6 aromatic rings. The summed E-state index contributed by atoms with van der Waals surface area (Å²) in [5, 5.41) is 7.34. The van der Waals surface area contributed by atoms with E-state index in [9.17, 15) is 0 Å². The Hall–Kier alpha value is -3.43. The molecule has 0 saturated heterocycles. The van der Waals surface area contributed by atoms with Gasteiger partial charge in [-0.1, -0.05) is 71.0 Å². The van der Waals surface area contributed by atoms with Crippen molar-refractivity contribution in [2.24, 2.45) is 5.92 Å². The highest BCUT2D eigenvalue weighted by atomic mass is 32.1. The topological polar surface area (TPSA) is 26.0 Å². The van der Waals surface area contributed by atoms with Crippen molar-refractivity contribution < 1.29 is 4.42 Å². The van der Waals surface area contributed by atoms with E-state index in [1.165, 1.54) is 43.1 Å². The van der Waals surface area contributed by atoms with E-state index in [0.29, 0.717) is 11.6 Å². The van der Waals surface area contributed by atoms with Crippen LogP contribution < -0.4 is 0 Å². The summed E-state index contributed by atoms with van der Waals surface area (Å²) in [6.45, 7) is 13.5. The lowest BCUT2D eigenvalue weighted by Gasteiger charge is -2.23. The van der Waals surface area contributed by atoms with Gasteiger partial charge < -0.3 is 4.42 Å². The van der Waals surface area contributed by atoms with Crippen molar-refractivity contribution in [3.8, 4) is 22.4 Å². The molecule has 37 heavy (non-hydrogen) atoms.